The molecule has 1 N–H and O–H groups in total. The molecule has 0 spiro atoms. The van der Waals surface area contributed by atoms with Crippen LogP contribution in [0.2, 0.25) is 0 Å². The summed E-state index contributed by atoms with van der Waals surface area (Å²) in [6, 6.07) is 17.9. The Kier molecular flexibility index (Phi) is 6.00. The SMILES string of the molecule is CN(C)C(=O)c1cnc(C2(c3cccc(O)c3)CCN(Cc3ccccc3)CC2)nc1. The first-order chi connectivity index (χ1) is 15.0. The highest BCUT2D eigenvalue weighted by atomic mass is 16.3. The molecule has 1 fully saturated rings. The van der Waals surface area contributed by atoms with E-state index in [0.717, 1.165) is 38.0 Å². The number of nitrogens with zero attached hydrogens (tertiary/aromatic N) is 4. The van der Waals surface area contributed by atoms with Crippen molar-refractivity contribution in [2.24, 2.45) is 0 Å². The molecule has 3 aromatic rings. The van der Waals surface area contributed by atoms with Gasteiger partial charge < -0.3 is 10.0 Å². The van der Waals surface area contributed by atoms with E-state index in [-0.39, 0.29) is 11.7 Å². The van der Waals surface area contributed by atoms with Crippen molar-refractivity contribution in [2.75, 3.05) is 27.2 Å². The van der Waals surface area contributed by atoms with Gasteiger partial charge in [-0.3, -0.25) is 9.69 Å². The van der Waals surface area contributed by atoms with E-state index in [9.17, 15) is 9.90 Å². The van der Waals surface area contributed by atoms with Crippen molar-refractivity contribution in [1.82, 2.24) is 19.8 Å². The molecule has 4 rings (SSSR count). The van der Waals surface area contributed by atoms with Crippen LogP contribution >= 0.6 is 0 Å². The molecule has 6 heteroatoms. The van der Waals surface area contributed by atoms with Gasteiger partial charge in [0.1, 0.15) is 11.6 Å². The number of aromatic nitrogens is 2. The molecule has 1 aromatic heterocycles. The number of phenols is 1. The van der Waals surface area contributed by atoms with E-state index >= 15 is 0 Å². The van der Waals surface area contributed by atoms with Gasteiger partial charge in [-0.1, -0.05) is 42.5 Å². The van der Waals surface area contributed by atoms with Gasteiger partial charge in [0, 0.05) is 33.0 Å². The van der Waals surface area contributed by atoms with Gasteiger partial charge in [0.2, 0.25) is 0 Å². The predicted molar refractivity (Wildman–Crippen MR) is 120 cm³/mol. The van der Waals surface area contributed by atoms with E-state index in [4.69, 9.17) is 0 Å². The molecular formula is C25H28N4O2. The van der Waals surface area contributed by atoms with E-state index in [1.54, 1.807) is 32.6 Å². The molecule has 0 saturated carbocycles. The highest BCUT2D eigenvalue weighted by Crippen LogP contribution is 2.41. The number of hydrogen-bond donors (Lipinski definition) is 1. The Morgan fingerprint density at radius 1 is 1.03 bits per heavy atom. The molecule has 1 aliphatic rings. The van der Waals surface area contributed by atoms with Gasteiger partial charge in [-0.2, -0.15) is 0 Å². The zero-order valence-electron chi connectivity index (χ0n) is 18.0. The molecule has 2 aromatic carbocycles. The molecule has 31 heavy (non-hydrogen) atoms. The maximum Gasteiger partial charge on any atom is 0.256 e. The van der Waals surface area contributed by atoms with Crippen molar-refractivity contribution in [3.8, 4) is 5.75 Å². The lowest BCUT2D eigenvalue weighted by Gasteiger charge is -2.41. The Morgan fingerprint density at radius 2 is 1.71 bits per heavy atom. The minimum Gasteiger partial charge on any atom is -0.508 e. The third-order valence-corrected chi connectivity index (χ3v) is 6.09. The number of piperidine rings is 1. The number of carbonyl (C=O) groups is 1. The van der Waals surface area contributed by atoms with Gasteiger partial charge in [-0.05, 0) is 49.2 Å². The maximum absolute atomic E-state index is 12.2. The van der Waals surface area contributed by atoms with Gasteiger partial charge in [0.25, 0.3) is 5.91 Å². The standard InChI is InChI=1S/C25H28N4O2/c1-28(2)23(31)20-16-26-24(27-17-20)25(21-9-6-10-22(30)15-21)11-13-29(14-12-25)18-19-7-4-3-5-8-19/h3-10,15-17,30H,11-14,18H2,1-2H3. The van der Waals surface area contributed by atoms with Crippen LogP contribution in [0.3, 0.4) is 0 Å². The molecule has 2 heterocycles. The third-order valence-electron chi connectivity index (χ3n) is 6.09. The predicted octanol–water partition coefficient (Wildman–Crippen LogP) is 3.47. The fourth-order valence-corrected chi connectivity index (χ4v) is 4.32. The second-order valence-electron chi connectivity index (χ2n) is 8.39. The smallest absolute Gasteiger partial charge is 0.256 e. The van der Waals surface area contributed by atoms with Crippen molar-refractivity contribution < 1.29 is 9.90 Å². The van der Waals surface area contributed by atoms with Crippen molar-refractivity contribution in [3.05, 3.63) is 89.5 Å². The fourth-order valence-electron chi connectivity index (χ4n) is 4.32. The quantitative estimate of drug-likeness (QED) is 0.690. The molecule has 160 valence electrons. The maximum atomic E-state index is 12.2. The summed E-state index contributed by atoms with van der Waals surface area (Å²) in [4.78, 5) is 25.5. The zero-order valence-corrected chi connectivity index (χ0v) is 18.0. The Balaban J connectivity index is 1.62. The van der Waals surface area contributed by atoms with Crippen molar-refractivity contribution >= 4 is 5.91 Å². The van der Waals surface area contributed by atoms with Crippen molar-refractivity contribution in [2.45, 2.75) is 24.8 Å². The van der Waals surface area contributed by atoms with Crippen LogP contribution < -0.4 is 0 Å². The molecule has 6 nitrogen and oxygen atoms in total. The van der Waals surface area contributed by atoms with Crippen molar-refractivity contribution in [3.63, 3.8) is 0 Å². The van der Waals surface area contributed by atoms with E-state index < -0.39 is 5.41 Å². The summed E-state index contributed by atoms with van der Waals surface area (Å²) in [5.41, 5.74) is 2.39. The average molecular weight is 417 g/mol. The summed E-state index contributed by atoms with van der Waals surface area (Å²) >= 11 is 0. The Labute approximate surface area is 183 Å². The average Bonchev–Trinajstić information content (AvgIpc) is 2.80. The monoisotopic (exact) mass is 416 g/mol. The topological polar surface area (TPSA) is 69.6 Å². The summed E-state index contributed by atoms with van der Waals surface area (Å²) in [6.07, 6.45) is 4.91. The zero-order chi connectivity index (χ0) is 21.8. The van der Waals surface area contributed by atoms with Crippen LogP contribution in [0.5, 0.6) is 5.75 Å². The Bertz CT molecular complexity index is 1030. The summed E-state index contributed by atoms with van der Waals surface area (Å²) in [5.74, 6) is 0.825. The number of likely N-dealkylation sites (tertiary alicyclic amines) is 1. The number of amides is 1. The second kappa shape index (κ2) is 8.86. The lowest BCUT2D eigenvalue weighted by molar-refractivity contribution is 0.0826. The third kappa shape index (κ3) is 4.44. The van der Waals surface area contributed by atoms with E-state index in [1.807, 2.05) is 24.3 Å². The first kappa shape index (κ1) is 21.0. The molecule has 1 saturated heterocycles. The van der Waals surface area contributed by atoms with E-state index in [1.165, 1.54) is 10.5 Å². The Hall–Kier alpha value is -3.25. The van der Waals surface area contributed by atoms with Gasteiger partial charge in [-0.25, -0.2) is 9.97 Å². The number of hydrogen-bond acceptors (Lipinski definition) is 5. The number of aromatic hydroxyl groups is 1. The summed E-state index contributed by atoms with van der Waals surface area (Å²) < 4.78 is 0. The summed E-state index contributed by atoms with van der Waals surface area (Å²) in [7, 11) is 3.43. The summed E-state index contributed by atoms with van der Waals surface area (Å²) in [5, 5.41) is 10.1. The Morgan fingerprint density at radius 3 is 2.32 bits per heavy atom. The molecule has 1 aliphatic heterocycles. The van der Waals surface area contributed by atoms with Gasteiger partial charge in [-0.15, -0.1) is 0 Å². The molecule has 1 amide bonds. The number of rotatable bonds is 5. The van der Waals surface area contributed by atoms with Crippen LogP contribution in [0.1, 0.15) is 40.2 Å². The first-order valence-electron chi connectivity index (χ1n) is 10.6. The van der Waals surface area contributed by atoms with Crippen LogP contribution in [0, 0.1) is 0 Å². The van der Waals surface area contributed by atoms with Gasteiger partial charge in [0.15, 0.2) is 0 Å². The minimum absolute atomic E-state index is 0.115. The highest BCUT2D eigenvalue weighted by molar-refractivity contribution is 5.93. The minimum atomic E-state index is -0.397. The highest BCUT2D eigenvalue weighted by Gasteiger charge is 2.40. The van der Waals surface area contributed by atoms with Crippen LogP contribution in [-0.2, 0) is 12.0 Å². The van der Waals surface area contributed by atoms with Crippen LogP contribution in [0.25, 0.3) is 0 Å². The number of benzene rings is 2. The molecular weight excluding hydrogens is 388 g/mol. The second-order valence-corrected chi connectivity index (χ2v) is 8.39. The van der Waals surface area contributed by atoms with Gasteiger partial charge in [0.05, 0.1) is 11.0 Å². The fraction of sp³-hybridized carbons (Fsp3) is 0.320. The van der Waals surface area contributed by atoms with Crippen LogP contribution in [-0.4, -0.2) is 58.0 Å². The normalized spacial score (nSPS) is 16.1. The summed E-state index contributed by atoms with van der Waals surface area (Å²) in [6.45, 7) is 2.70. The lowest BCUT2D eigenvalue weighted by atomic mass is 9.71. The molecule has 0 unspecified atom stereocenters. The molecule has 0 atom stereocenters. The number of phenolic OH excluding ortho intramolecular Hbond substituents is 1. The van der Waals surface area contributed by atoms with Crippen molar-refractivity contribution in [1.29, 1.82) is 0 Å². The van der Waals surface area contributed by atoms with Crippen LogP contribution in [0.15, 0.2) is 67.0 Å². The van der Waals surface area contributed by atoms with Gasteiger partial charge >= 0.3 is 0 Å². The molecule has 0 radical (unpaired) electrons. The molecule has 0 bridgehead atoms. The first-order valence-corrected chi connectivity index (χ1v) is 10.6. The lowest BCUT2D eigenvalue weighted by Crippen LogP contribution is -2.44. The molecule has 0 aliphatic carbocycles. The van der Waals surface area contributed by atoms with E-state index in [2.05, 4.69) is 39.1 Å². The number of carbonyl (C=O) groups excluding carboxylic acids is 1. The van der Waals surface area contributed by atoms with Crippen LogP contribution in [0.4, 0.5) is 0 Å². The van der Waals surface area contributed by atoms with E-state index in [0.29, 0.717) is 11.4 Å². The largest absolute Gasteiger partial charge is 0.508 e.